The molecule has 0 atom stereocenters. The number of benzene rings is 1. The van der Waals surface area contributed by atoms with E-state index in [1.807, 2.05) is 16.7 Å². The second-order valence-electron chi connectivity index (χ2n) is 7.67. The zero-order chi connectivity index (χ0) is 19.1. The Hall–Kier alpha value is -1.50. The molecule has 4 rings (SSSR count). The van der Waals surface area contributed by atoms with Crippen molar-refractivity contribution in [2.24, 2.45) is 0 Å². The summed E-state index contributed by atoms with van der Waals surface area (Å²) in [6.07, 6.45) is 2.00. The maximum absolute atomic E-state index is 13.7. The molecule has 1 saturated heterocycles. The van der Waals surface area contributed by atoms with E-state index in [-0.39, 0.29) is 17.5 Å². The van der Waals surface area contributed by atoms with Gasteiger partial charge in [-0.1, -0.05) is 41.9 Å². The van der Waals surface area contributed by atoms with Gasteiger partial charge >= 0.3 is 0 Å². The number of rotatable bonds is 3. The molecule has 0 unspecified atom stereocenters. The Morgan fingerprint density at radius 2 is 1.85 bits per heavy atom. The standard InChI is InChI=1S/C21H24BrN3OS/c1-13(2)19-23-20-18(17(12-27-20)14-4-6-15(22)7-5-14)21(26)25(19)16-8-10-24(3)11-9-16/h4-7,12-13,16H,8-11H2,1-3H3. The molecule has 4 nitrogen and oxygen atoms in total. The molecule has 1 aliphatic heterocycles. The van der Waals surface area contributed by atoms with E-state index in [1.165, 1.54) is 0 Å². The number of nitrogens with zero attached hydrogens (tertiary/aromatic N) is 3. The highest BCUT2D eigenvalue weighted by Crippen LogP contribution is 2.34. The van der Waals surface area contributed by atoms with E-state index in [4.69, 9.17) is 4.98 Å². The van der Waals surface area contributed by atoms with Crippen molar-refractivity contribution in [2.45, 2.75) is 38.6 Å². The van der Waals surface area contributed by atoms with Gasteiger partial charge < -0.3 is 4.90 Å². The average Bonchev–Trinajstić information content (AvgIpc) is 3.07. The zero-order valence-electron chi connectivity index (χ0n) is 15.9. The van der Waals surface area contributed by atoms with Gasteiger partial charge in [-0.3, -0.25) is 9.36 Å². The van der Waals surface area contributed by atoms with Gasteiger partial charge in [-0.25, -0.2) is 4.98 Å². The molecule has 0 radical (unpaired) electrons. The van der Waals surface area contributed by atoms with Crippen LogP contribution in [0.25, 0.3) is 21.3 Å². The van der Waals surface area contributed by atoms with Gasteiger partial charge in [0.15, 0.2) is 0 Å². The molecule has 2 aromatic heterocycles. The van der Waals surface area contributed by atoms with E-state index in [0.717, 1.165) is 57.6 Å². The molecular weight excluding hydrogens is 422 g/mol. The van der Waals surface area contributed by atoms with Crippen molar-refractivity contribution in [3.8, 4) is 11.1 Å². The Morgan fingerprint density at radius 3 is 2.48 bits per heavy atom. The molecule has 0 N–H and O–H groups in total. The van der Waals surface area contributed by atoms with Crippen LogP contribution in [0.1, 0.15) is 44.5 Å². The Morgan fingerprint density at radius 1 is 1.19 bits per heavy atom. The fourth-order valence-electron chi connectivity index (χ4n) is 3.87. The molecule has 0 bridgehead atoms. The normalized spacial score (nSPS) is 16.5. The summed E-state index contributed by atoms with van der Waals surface area (Å²) in [5.41, 5.74) is 2.19. The van der Waals surface area contributed by atoms with E-state index in [0.29, 0.717) is 0 Å². The third kappa shape index (κ3) is 3.50. The largest absolute Gasteiger partial charge is 0.306 e. The third-order valence-corrected chi connectivity index (χ3v) is 6.79. The van der Waals surface area contributed by atoms with Crippen LogP contribution in [0.3, 0.4) is 0 Å². The topological polar surface area (TPSA) is 38.1 Å². The lowest BCUT2D eigenvalue weighted by Crippen LogP contribution is -2.37. The summed E-state index contributed by atoms with van der Waals surface area (Å²) in [4.78, 5) is 21.8. The van der Waals surface area contributed by atoms with E-state index in [9.17, 15) is 4.79 Å². The first-order valence-electron chi connectivity index (χ1n) is 9.44. The Kier molecular flexibility index (Phi) is 5.23. The van der Waals surface area contributed by atoms with Gasteiger partial charge in [0.05, 0.1) is 5.39 Å². The van der Waals surface area contributed by atoms with Crippen molar-refractivity contribution in [3.05, 3.63) is 50.3 Å². The second kappa shape index (κ2) is 7.49. The van der Waals surface area contributed by atoms with Crippen LogP contribution in [0.4, 0.5) is 0 Å². The molecule has 3 aromatic rings. The summed E-state index contributed by atoms with van der Waals surface area (Å²) >= 11 is 5.06. The number of halogens is 1. The quantitative estimate of drug-likeness (QED) is 0.550. The van der Waals surface area contributed by atoms with Crippen LogP contribution in [-0.2, 0) is 0 Å². The zero-order valence-corrected chi connectivity index (χ0v) is 18.3. The summed E-state index contributed by atoms with van der Waals surface area (Å²) in [5.74, 6) is 1.14. The van der Waals surface area contributed by atoms with E-state index >= 15 is 0 Å². The molecule has 0 spiro atoms. The maximum Gasteiger partial charge on any atom is 0.263 e. The summed E-state index contributed by atoms with van der Waals surface area (Å²) < 4.78 is 3.05. The van der Waals surface area contributed by atoms with Gasteiger partial charge in [0.1, 0.15) is 10.7 Å². The second-order valence-corrected chi connectivity index (χ2v) is 9.44. The summed E-state index contributed by atoms with van der Waals surface area (Å²) in [7, 11) is 2.15. The van der Waals surface area contributed by atoms with Crippen molar-refractivity contribution in [3.63, 3.8) is 0 Å². The van der Waals surface area contributed by atoms with Crippen LogP contribution in [0.15, 0.2) is 38.9 Å². The number of piperidine rings is 1. The SMILES string of the molecule is CC(C)c1nc2scc(-c3ccc(Br)cc3)c2c(=O)n1C1CCN(C)CC1. The highest BCUT2D eigenvalue weighted by Gasteiger charge is 2.26. The van der Waals surface area contributed by atoms with Crippen molar-refractivity contribution in [2.75, 3.05) is 20.1 Å². The van der Waals surface area contributed by atoms with Gasteiger partial charge in [-0.05, 0) is 50.7 Å². The van der Waals surface area contributed by atoms with Gasteiger partial charge in [-0.15, -0.1) is 11.3 Å². The number of hydrogen-bond donors (Lipinski definition) is 0. The average molecular weight is 446 g/mol. The van der Waals surface area contributed by atoms with Gasteiger partial charge in [0, 0.05) is 27.4 Å². The molecule has 27 heavy (non-hydrogen) atoms. The van der Waals surface area contributed by atoms with E-state index in [2.05, 4.69) is 59.2 Å². The van der Waals surface area contributed by atoms with Crippen LogP contribution in [0, 0.1) is 0 Å². The Bertz CT molecular complexity index is 1010. The summed E-state index contributed by atoms with van der Waals surface area (Å²) in [6, 6.07) is 8.39. The van der Waals surface area contributed by atoms with E-state index < -0.39 is 0 Å². The highest BCUT2D eigenvalue weighted by atomic mass is 79.9. The number of aromatic nitrogens is 2. The van der Waals surface area contributed by atoms with Gasteiger partial charge in [0.25, 0.3) is 5.56 Å². The van der Waals surface area contributed by atoms with Crippen molar-refractivity contribution < 1.29 is 0 Å². The Balaban J connectivity index is 1.91. The molecule has 0 aliphatic carbocycles. The molecule has 1 aromatic carbocycles. The molecule has 1 aliphatic rings. The monoisotopic (exact) mass is 445 g/mol. The van der Waals surface area contributed by atoms with Crippen molar-refractivity contribution in [1.29, 1.82) is 0 Å². The highest BCUT2D eigenvalue weighted by molar-refractivity contribution is 9.10. The first kappa shape index (κ1) is 18.8. The minimum absolute atomic E-state index is 0.123. The van der Waals surface area contributed by atoms with E-state index in [1.54, 1.807) is 11.3 Å². The Labute approximate surface area is 172 Å². The summed E-state index contributed by atoms with van der Waals surface area (Å²) in [6.45, 7) is 6.30. The molecule has 0 saturated carbocycles. The lowest BCUT2D eigenvalue weighted by atomic mass is 10.0. The first-order chi connectivity index (χ1) is 13.0. The van der Waals surface area contributed by atoms with Gasteiger partial charge in [-0.2, -0.15) is 0 Å². The van der Waals surface area contributed by atoms with Crippen molar-refractivity contribution >= 4 is 37.5 Å². The molecule has 6 heteroatoms. The van der Waals surface area contributed by atoms with Crippen LogP contribution in [0.5, 0.6) is 0 Å². The van der Waals surface area contributed by atoms with Crippen molar-refractivity contribution in [1.82, 2.24) is 14.5 Å². The minimum atomic E-state index is 0.123. The molecule has 142 valence electrons. The molecule has 0 amide bonds. The van der Waals surface area contributed by atoms with Crippen LogP contribution < -0.4 is 5.56 Å². The fourth-order valence-corrected chi connectivity index (χ4v) is 5.08. The molecular formula is C21H24BrN3OS. The molecule has 1 fully saturated rings. The third-order valence-electron chi connectivity index (χ3n) is 5.39. The number of hydrogen-bond acceptors (Lipinski definition) is 4. The lowest BCUT2D eigenvalue weighted by Gasteiger charge is -2.32. The van der Waals surface area contributed by atoms with Crippen LogP contribution in [-0.4, -0.2) is 34.6 Å². The number of likely N-dealkylation sites (tertiary alicyclic amines) is 1. The predicted octanol–water partition coefficient (Wildman–Crippen LogP) is 5.28. The minimum Gasteiger partial charge on any atom is -0.306 e. The first-order valence-corrected chi connectivity index (χ1v) is 11.1. The number of thiophene rings is 1. The summed E-state index contributed by atoms with van der Waals surface area (Å²) in [5, 5.41) is 2.84. The molecule has 3 heterocycles. The predicted molar refractivity (Wildman–Crippen MR) is 117 cm³/mol. The van der Waals surface area contributed by atoms with Gasteiger partial charge in [0.2, 0.25) is 0 Å². The van der Waals surface area contributed by atoms with Crippen LogP contribution in [0.2, 0.25) is 0 Å². The smallest absolute Gasteiger partial charge is 0.263 e. The number of fused-ring (bicyclic) bond motifs is 1. The lowest BCUT2D eigenvalue weighted by molar-refractivity contribution is 0.215. The fraction of sp³-hybridized carbons (Fsp3) is 0.429. The van der Waals surface area contributed by atoms with Crippen LogP contribution >= 0.6 is 27.3 Å². The maximum atomic E-state index is 13.7.